The molecule has 0 bridgehead atoms. The van der Waals surface area contributed by atoms with E-state index >= 15 is 0 Å². The van der Waals surface area contributed by atoms with E-state index in [0.717, 1.165) is 37.5 Å². The van der Waals surface area contributed by atoms with Crippen LogP contribution >= 0.6 is 0 Å². The molecule has 1 heterocycles. The van der Waals surface area contributed by atoms with E-state index in [9.17, 15) is 26.4 Å². The van der Waals surface area contributed by atoms with Crippen molar-refractivity contribution in [3.8, 4) is 0 Å². The highest BCUT2D eigenvalue weighted by Crippen LogP contribution is 2.30. The van der Waals surface area contributed by atoms with Crippen molar-refractivity contribution in [1.82, 2.24) is 9.62 Å². The van der Waals surface area contributed by atoms with Crippen molar-refractivity contribution in [3.05, 3.63) is 65.7 Å². The number of nitrogens with zero attached hydrogens (tertiary/aromatic N) is 1. The molecule has 1 fully saturated rings. The Hall–Kier alpha value is -2.39. The number of halogens is 3. The number of carbonyl (C=O) groups excluding carboxylic acids is 1. The third kappa shape index (κ3) is 5.82. The maximum atomic E-state index is 12.8. The zero-order chi connectivity index (χ0) is 21.8. The van der Waals surface area contributed by atoms with Crippen LogP contribution in [0.2, 0.25) is 0 Å². The number of hydrogen-bond donors (Lipinski definition) is 1. The minimum Gasteiger partial charge on any atom is -0.342 e. The normalized spacial score (nSPS) is 15.9. The minimum absolute atomic E-state index is 0.385. The van der Waals surface area contributed by atoms with E-state index in [1.165, 1.54) is 5.56 Å². The lowest BCUT2D eigenvalue weighted by Crippen LogP contribution is -2.44. The smallest absolute Gasteiger partial charge is 0.342 e. The van der Waals surface area contributed by atoms with Crippen molar-refractivity contribution in [2.75, 3.05) is 19.6 Å². The fourth-order valence-corrected chi connectivity index (χ4v) is 4.55. The molecule has 1 aliphatic rings. The second-order valence-electron chi connectivity index (χ2n) is 7.36. The van der Waals surface area contributed by atoms with Crippen LogP contribution in [0.25, 0.3) is 0 Å². The molecule has 0 radical (unpaired) electrons. The van der Waals surface area contributed by atoms with Gasteiger partial charge in [-0.1, -0.05) is 36.4 Å². The number of amides is 1. The highest BCUT2D eigenvalue weighted by molar-refractivity contribution is 7.89. The zero-order valence-electron chi connectivity index (χ0n) is 16.2. The second-order valence-corrected chi connectivity index (χ2v) is 9.13. The van der Waals surface area contributed by atoms with Crippen molar-refractivity contribution in [2.24, 2.45) is 5.92 Å². The molecule has 0 unspecified atom stereocenters. The van der Waals surface area contributed by atoms with Crippen LogP contribution in [0, 0.1) is 5.92 Å². The van der Waals surface area contributed by atoms with Gasteiger partial charge in [-0.05, 0) is 48.9 Å². The molecular formula is C21H23F3N2O3S. The van der Waals surface area contributed by atoms with Crippen LogP contribution in [0.15, 0.2) is 59.5 Å². The standard InChI is InChI=1S/C21H23F3N2O3S/c22-21(23,24)18-7-4-8-19(14-18)30(28,29)25-15-20(27)26-11-9-17(10-12-26)13-16-5-2-1-3-6-16/h1-8,14,17,25H,9-13,15H2. The number of rotatable bonds is 6. The lowest BCUT2D eigenvalue weighted by atomic mass is 9.90. The van der Waals surface area contributed by atoms with Gasteiger partial charge in [-0.25, -0.2) is 13.1 Å². The molecule has 0 atom stereocenters. The number of piperidine rings is 1. The van der Waals surface area contributed by atoms with E-state index in [0.29, 0.717) is 25.1 Å². The Bertz CT molecular complexity index is 970. The largest absolute Gasteiger partial charge is 0.416 e. The molecule has 30 heavy (non-hydrogen) atoms. The maximum Gasteiger partial charge on any atom is 0.416 e. The summed E-state index contributed by atoms with van der Waals surface area (Å²) in [7, 11) is -4.23. The lowest BCUT2D eigenvalue weighted by Gasteiger charge is -2.32. The Morgan fingerprint density at radius 1 is 1.03 bits per heavy atom. The fourth-order valence-electron chi connectivity index (χ4n) is 3.53. The molecule has 0 spiro atoms. The molecule has 9 heteroatoms. The number of alkyl halides is 3. The van der Waals surface area contributed by atoms with Crippen LogP contribution in [0.1, 0.15) is 24.0 Å². The van der Waals surface area contributed by atoms with E-state index in [-0.39, 0.29) is 5.91 Å². The van der Waals surface area contributed by atoms with Gasteiger partial charge < -0.3 is 4.90 Å². The molecular weight excluding hydrogens is 417 g/mol. The average molecular weight is 440 g/mol. The quantitative estimate of drug-likeness (QED) is 0.748. The summed E-state index contributed by atoms with van der Waals surface area (Å²) in [6.45, 7) is 0.575. The number of carbonyl (C=O) groups is 1. The maximum absolute atomic E-state index is 12.8. The Morgan fingerprint density at radius 2 is 1.70 bits per heavy atom. The number of hydrogen-bond acceptors (Lipinski definition) is 3. The summed E-state index contributed by atoms with van der Waals surface area (Å²) in [6.07, 6.45) is -2.07. The fraction of sp³-hybridized carbons (Fsp3) is 0.381. The SMILES string of the molecule is O=C(CNS(=O)(=O)c1cccc(C(F)(F)F)c1)N1CCC(Cc2ccccc2)CC1. The molecule has 0 aliphatic carbocycles. The van der Waals surface area contributed by atoms with E-state index in [2.05, 4.69) is 16.9 Å². The molecule has 1 amide bonds. The van der Waals surface area contributed by atoms with Crippen LogP contribution in [0.3, 0.4) is 0 Å². The van der Waals surface area contributed by atoms with Gasteiger partial charge in [0.15, 0.2) is 0 Å². The number of likely N-dealkylation sites (tertiary alicyclic amines) is 1. The summed E-state index contributed by atoms with van der Waals surface area (Å²) < 4.78 is 65.1. The van der Waals surface area contributed by atoms with Crippen molar-refractivity contribution in [1.29, 1.82) is 0 Å². The Balaban J connectivity index is 1.52. The van der Waals surface area contributed by atoms with Crippen LogP contribution in [-0.2, 0) is 27.4 Å². The first-order valence-electron chi connectivity index (χ1n) is 9.64. The van der Waals surface area contributed by atoms with Gasteiger partial charge in [0.1, 0.15) is 0 Å². The third-order valence-corrected chi connectivity index (χ3v) is 6.62. The first kappa shape index (κ1) is 22.3. The van der Waals surface area contributed by atoms with Gasteiger partial charge in [-0.3, -0.25) is 4.79 Å². The van der Waals surface area contributed by atoms with Gasteiger partial charge in [0.05, 0.1) is 17.0 Å². The van der Waals surface area contributed by atoms with Crippen molar-refractivity contribution >= 4 is 15.9 Å². The summed E-state index contributed by atoms with van der Waals surface area (Å²) in [5, 5.41) is 0. The van der Waals surface area contributed by atoms with Gasteiger partial charge in [-0.2, -0.15) is 13.2 Å². The molecule has 2 aromatic carbocycles. The molecule has 0 saturated carbocycles. The van der Waals surface area contributed by atoms with Crippen LogP contribution < -0.4 is 4.72 Å². The van der Waals surface area contributed by atoms with Crippen LogP contribution in [-0.4, -0.2) is 38.9 Å². The van der Waals surface area contributed by atoms with Crippen molar-refractivity contribution in [2.45, 2.75) is 30.3 Å². The van der Waals surface area contributed by atoms with Crippen LogP contribution in [0.5, 0.6) is 0 Å². The summed E-state index contributed by atoms with van der Waals surface area (Å²) in [6, 6.07) is 13.5. The topological polar surface area (TPSA) is 66.5 Å². The van der Waals surface area contributed by atoms with E-state index in [4.69, 9.17) is 0 Å². The van der Waals surface area contributed by atoms with Crippen LogP contribution in [0.4, 0.5) is 13.2 Å². The van der Waals surface area contributed by atoms with E-state index in [1.807, 2.05) is 18.2 Å². The summed E-state index contributed by atoms with van der Waals surface area (Å²) in [4.78, 5) is 13.5. The summed E-state index contributed by atoms with van der Waals surface area (Å²) in [5.41, 5.74) is 0.188. The van der Waals surface area contributed by atoms with E-state index < -0.39 is 33.2 Å². The van der Waals surface area contributed by atoms with Gasteiger partial charge in [0.25, 0.3) is 0 Å². The van der Waals surface area contributed by atoms with Gasteiger partial charge >= 0.3 is 6.18 Å². The Kier molecular flexibility index (Phi) is 6.82. The second kappa shape index (κ2) is 9.18. The average Bonchev–Trinajstić information content (AvgIpc) is 2.73. The Morgan fingerprint density at radius 3 is 2.33 bits per heavy atom. The molecule has 1 aliphatic heterocycles. The molecule has 3 rings (SSSR count). The minimum atomic E-state index is -4.65. The first-order chi connectivity index (χ1) is 14.1. The van der Waals surface area contributed by atoms with Gasteiger partial charge in [0, 0.05) is 13.1 Å². The molecule has 5 nitrogen and oxygen atoms in total. The third-order valence-electron chi connectivity index (χ3n) is 5.22. The summed E-state index contributed by atoms with van der Waals surface area (Å²) in [5.74, 6) is 0.0713. The molecule has 162 valence electrons. The molecule has 1 saturated heterocycles. The molecule has 0 aromatic heterocycles. The van der Waals surface area contributed by atoms with Gasteiger partial charge in [-0.15, -0.1) is 0 Å². The number of benzene rings is 2. The predicted octanol–water partition coefficient (Wildman–Crippen LogP) is 3.47. The number of nitrogens with one attached hydrogen (secondary N) is 1. The first-order valence-corrected chi connectivity index (χ1v) is 11.1. The highest BCUT2D eigenvalue weighted by atomic mass is 32.2. The lowest BCUT2D eigenvalue weighted by molar-refractivity contribution is -0.137. The molecule has 1 N–H and O–H groups in total. The van der Waals surface area contributed by atoms with Crippen molar-refractivity contribution < 1.29 is 26.4 Å². The summed E-state index contributed by atoms with van der Waals surface area (Å²) >= 11 is 0. The van der Waals surface area contributed by atoms with Gasteiger partial charge in [0.2, 0.25) is 15.9 Å². The highest BCUT2D eigenvalue weighted by Gasteiger charge is 2.32. The predicted molar refractivity (Wildman–Crippen MR) is 106 cm³/mol. The monoisotopic (exact) mass is 440 g/mol. The van der Waals surface area contributed by atoms with E-state index in [1.54, 1.807) is 4.90 Å². The zero-order valence-corrected chi connectivity index (χ0v) is 17.0. The number of sulfonamides is 1. The van der Waals surface area contributed by atoms with Crippen molar-refractivity contribution in [3.63, 3.8) is 0 Å². The Labute approximate surface area is 173 Å². The molecule has 2 aromatic rings.